The molecule has 3 aromatic rings. The maximum Gasteiger partial charge on any atom is 0.326 e. The number of aliphatic carboxylic acids is 1. The lowest BCUT2D eigenvalue weighted by atomic mass is 9.79. The standard InChI is InChI=1S/C27H33N5O4/c1-32-11-8-19-15-20(16-29-25(19)32)26(33)31-23(27(34)35)9-12-36-22-13-17(14-22)4-6-21-7-5-18-3-2-10-28-24(18)30-21/h5,7-8,11,15-17,22-23H,2-4,6,9-10,12-14H2,1H3,(H,28,30)(H,31,33)(H,34,35). The lowest BCUT2D eigenvalue weighted by Gasteiger charge is -2.35. The zero-order valence-corrected chi connectivity index (χ0v) is 20.6. The highest BCUT2D eigenvalue weighted by molar-refractivity contribution is 5.98. The topological polar surface area (TPSA) is 118 Å². The van der Waals surface area contributed by atoms with Crippen LogP contribution in [0.2, 0.25) is 0 Å². The van der Waals surface area contributed by atoms with E-state index >= 15 is 0 Å². The van der Waals surface area contributed by atoms with E-state index in [9.17, 15) is 14.7 Å². The number of pyridine rings is 2. The Morgan fingerprint density at radius 1 is 1.31 bits per heavy atom. The van der Waals surface area contributed by atoms with Crippen LogP contribution in [0.15, 0.2) is 36.7 Å². The van der Waals surface area contributed by atoms with Gasteiger partial charge in [0.25, 0.3) is 5.91 Å². The van der Waals surface area contributed by atoms with Crippen molar-refractivity contribution in [3.8, 4) is 0 Å². The minimum Gasteiger partial charge on any atom is -0.480 e. The maximum absolute atomic E-state index is 12.6. The van der Waals surface area contributed by atoms with Gasteiger partial charge in [0.15, 0.2) is 0 Å². The van der Waals surface area contributed by atoms with Gasteiger partial charge >= 0.3 is 5.97 Å². The first kappa shape index (κ1) is 24.2. The Balaban J connectivity index is 1.03. The number of aromatic nitrogens is 3. The van der Waals surface area contributed by atoms with E-state index in [2.05, 4.69) is 27.8 Å². The molecule has 0 aromatic carbocycles. The van der Waals surface area contributed by atoms with Gasteiger partial charge < -0.3 is 25.0 Å². The van der Waals surface area contributed by atoms with Crippen LogP contribution >= 0.6 is 0 Å². The predicted octanol–water partition coefficient (Wildman–Crippen LogP) is 3.33. The number of ether oxygens (including phenoxy) is 1. The van der Waals surface area contributed by atoms with Crippen molar-refractivity contribution in [1.29, 1.82) is 0 Å². The third-order valence-corrected chi connectivity index (χ3v) is 7.29. The van der Waals surface area contributed by atoms with Crippen LogP contribution in [-0.4, -0.2) is 56.8 Å². The molecule has 1 amide bonds. The van der Waals surface area contributed by atoms with Gasteiger partial charge in [0.1, 0.15) is 17.5 Å². The molecular weight excluding hydrogens is 458 g/mol. The van der Waals surface area contributed by atoms with E-state index in [1.165, 1.54) is 18.2 Å². The minimum absolute atomic E-state index is 0.156. The highest BCUT2D eigenvalue weighted by Gasteiger charge is 2.30. The van der Waals surface area contributed by atoms with E-state index in [1.807, 2.05) is 23.9 Å². The van der Waals surface area contributed by atoms with Gasteiger partial charge in [-0.3, -0.25) is 4.79 Å². The monoisotopic (exact) mass is 491 g/mol. The lowest BCUT2D eigenvalue weighted by Crippen LogP contribution is -2.42. The Morgan fingerprint density at radius 3 is 3.00 bits per heavy atom. The van der Waals surface area contributed by atoms with Gasteiger partial charge in [0.2, 0.25) is 0 Å². The van der Waals surface area contributed by atoms with E-state index in [-0.39, 0.29) is 12.5 Å². The molecule has 3 N–H and O–H groups in total. The summed E-state index contributed by atoms with van der Waals surface area (Å²) in [6.07, 6.45) is 9.98. The number of hydrogen-bond acceptors (Lipinski definition) is 6. The number of carbonyl (C=O) groups excluding carboxylic acids is 1. The van der Waals surface area contributed by atoms with Crippen molar-refractivity contribution in [2.75, 3.05) is 18.5 Å². The Morgan fingerprint density at radius 2 is 2.17 bits per heavy atom. The van der Waals surface area contributed by atoms with Crippen LogP contribution in [0.1, 0.15) is 53.7 Å². The SMILES string of the molecule is Cn1ccc2cc(C(=O)NC(CCOC3CC(CCc4ccc5c(n4)NCCC5)C3)C(=O)O)cnc21. The molecule has 1 fully saturated rings. The highest BCUT2D eigenvalue weighted by Crippen LogP contribution is 2.34. The third-order valence-electron chi connectivity index (χ3n) is 7.29. The molecular formula is C27H33N5O4. The van der Waals surface area contributed by atoms with Crippen LogP contribution in [0, 0.1) is 5.92 Å². The van der Waals surface area contributed by atoms with Crippen LogP contribution in [0.25, 0.3) is 11.0 Å². The van der Waals surface area contributed by atoms with Crippen LogP contribution in [0.3, 0.4) is 0 Å². The van der Waals surface area contributed by atoms with Gasteiger partial charge in [-0.1, -0.05) is 6.07 Å². The van der Waals surface area contributed by atoms with Crippen LogP contribution < -0.4 is 10.6 Å². The summed E-state index contributed by atoms with van der Waals surface area (Å²) in [5.74, 6) is 0.135. The van der Waals surface area contributed by atoms with E-state index < -0.39 is 17.9 Å². The summed E-state index contributed by atoms with van der Waals surface area (Å²) in [5.41, 5.74) is 3.55. The van der Waals surface area contributed by atoms with Crippen LogP contribution in [0.5, 0.6) is 0 Å². The van der Waals surface area contributed by atoms with Gasteiger partial charge in [0.05, 0.1) is 11.7 Å². The molecule has 4 heterocycles. The molecule has 1 unspecified atom stereocenters. The minimum atomic E-state index is -1.07. The molecule has 5 rings (SSSR count). The second kappa shape index (κ2) is 10.7. The summed E-state index contributed by atoms with van der Waals surface area (Å²) in [6.45, 7) is 1.29. The fourth-order valence-electron chi connectivity index (χ4n) is 5.04. The number of nitrogens with one attached hydrogen (secondary N) is 2. The lowest BCUT2D eigenvalue weighted by molar-refractivity contribution is -0.140. The first-order valence-corrected chi connectivity index (χ1v) is 12.8. The van der Waals surface area contributed by atoms with E-state index in [4.69, 9.17) is 9.72 Å². The van der Waals surface area contributed by atoms with Crippen LogP contribution in [0.4, 0.5) is 5.82 Å². The van der Waals surface area contributed by atoms with Crippen molar-refractivity contribution < 1.29 is 19.4 Å². The molecule has 9 heteroatoms. The van der Waals surface area contributed by atoms with Crippen molar-refractivity contribution in [3.05, 3.63) is 53.5 Å². The molecule has 0 radical (unpaired) electrons. The van der Waals surface area contributed by atoms with Gasteiger partial charge in [-0.25, -0.2) is 14.8 Å². The Bertz CT molecular complexity index is 1250. The Labute approximate surface area is 210 Å². The second-order valence-corrected chi connectivity index (χ2v) is 9.93. The number of rotatable bonds is 10. The number of aryl methyl sites for hydroxylation is 3. The fourth-order valence-corrected chi connectivity index (χ4v) is 5.04. The number of carbonyl (C=O) groups is 2. The summed E-state index contributed by atoms with van der Waals surface area (Å²) in [5, 5.41) is 16.4. The van der Waals surface area contributed by atoms with Crippen LogP contribution in [-0.2, 0) is 29.4 Å². The summed E-state index contributed by atoms with van der Waals surface area (Å²) in [6, 6.07) is 6.92. The average Bonchev–Trinajstić information content (AvgIpc) is 3.23. The number of carboxylic acid groups (broad SMARTS) is 1. The molecule has 3 aromatic heterocycles. The smallest absolute Gasteiger partial charge is 0.326 e. The normalized spacial score (nSPS) is 19.7. The average molecular weight is 492 g/mol. The van der Waals surface area contributed by atoms with E-state index in [0.717, 1.165) is 61.2 Å². The molecule has 0 saturated heterocycles. The van der Waals surface area contributed by atoms with E-state index in [1.54, 1.807) is 6.07 Å². The molecule has 2 aliphatic rings. The molecule has 1 atom stereocenters. The quantitative estimate of drug-likeness (QED) is 0.398. The largest absolute Gasteiger partial charge is 0.480 e. The summed E-state index contributed by atoms with van der Waals surface area (Å²) >= 11 is 0. The van der Waals surface area contributed by atoms with Crippen molar-refractivity contribution in [2.45, 2.75) is 57.1 Å². The van der Waals surface area contributed by atoms with Gasteiger partial charge in [-0.15, -0.1) is 0 Å². The Hall–Kier alpha value is -3.46. The highest BCUT2D eigenvalue weighted by atomic mass is 16.5. The molecule has 1 saturated carbocycles. The number of fused-ring (bicyclic) bond motifs is 2. The van der Waals surface area contributed by atoms with Crippen molar-refractivity contribution >= 4 is 28.7 Å². The summed E-state index contributed by atoms with van der Waals surface area (Å²) < 4.78 is 7.77. The molecule has 190 valence electrons. The number of amides is 1. The molecule has 1 aliphatic heterocycles. The number of nitrogens with zero attached hydrogens (tertiary/aromatic N) is 3. The van der Waals surface area contributed by atoms with Gasteiger partial charge in [0, 0.05) is 50.1 Å². The second-order valence-electron chi connectivity index (χ2n) is 9.93. The van der Waals surface area contributed by atoms with E-state index in [0.29, 0.717) is 18.1 Å². The fraction of sp³-hybridized carbons (Fsp3) is 0.481. The van der Waals surface area contributed by atoms with Gasteiger partial charge in [-0.05, 0) is 68.2 Å². The summed E-state index contributed by atoms with van der Waals surface area (Å²) in [7, 11) is 1.88. The Kier molecular flexibility index (Phi) is 7.18. The molecule has 0 bridgehead atoms. The van der Waals surface area contributed by atoms with Crippen molar-refractivity contribution in [1.82, 2.24) is 19.9 Å². The van der Waals surface area contributed by atoms with Gasteiger partial charge in [-0.2, -0.15) is 0 Å². The first-order chi connectivity index (χ1) is 17.5. The summed E-state index contributed by atoms with van der Waals surface area (Å²) in [4.78, 5) is 33.4. The molecule has 36 heavy (non-hydrogen) atoms. The molecule has 9 nitrogen and oxygen atoms in total. The number of anilines is 1. The zero-order valence-electron chi connectivity index (χ0n) is 20.6. The van der Waals surface area contributed by atoms with Crippen molar-refractivity contribution in [2.24, 2.45) is 13.0 Å². The molecule has 0 spiro atoms. The zero-order chi connectivity index (χ0) is 25.1. The van der Waals surface area contributed by atoms with Crippen molar-refractivity contribution in [3.63, 3.8) is 0 Å². The molecule has 1 aliphatic carbocycles. The third kappa shape index (κ3) is 5.51. The predicted molar refractivity (Wildman–Crippen MR) is 136 cm³/mol. The number of carboxylic acids is 1. The first-order valence-electron chi connectivity index (χ1n) is 12.8. The maximum atomic E-state index is 12.6. The number of hydrogen-bond donors (Lipinski definition) is 3.